The Morgan fingerprint density at radius 3 is 2.52 bits per heavy atom. The van der Waals surface area contributed by atoms with Crippen LogP contribution in [0.15, 0.2) is 52.1 Å². The summed E-state index contributed by atoms with van der Waals surface area (Å²) in [6.07, 6.45) is 1.47. The summed E-state index contributed by atoms with van der Waals surface area (Å²) in [4.78, 5) is 20.4. The molecule has 0 radical (unpaired) electrons. The standard InChI is InChI=1S/C18H22ClN5O2.HI/c19-14-3-5-15(6-4-14)23-9-11-24(12-10-23)18(20)22-8-7-21-17(25)16-2-1-13-26-16;/h1-6,13H,7-12H2,(H2,20,22)(H,21,25);1H. The van der Waals surface area contributed by atoms with Gasteiger partial charge in [-0.05, 0) is 36.4 Å². The van der Waals surface area contributed by atoms with Gasteiger partial charge in [0.15, 0.2) is 11.7 Å². The predicted octanol–water partition coefficient (Wildman–Crippen LogP) is 2.42. The number of hydrogen-bond acceptors (Lipinski definition) is 4. The SMILES string of the molecule is I.NC(=NCCNC(=O)c1ccco1)N1CCN(c2ccc(Cl)cc2)CC1. The molecule has 2 heterocycles. The largest absolute Gasteiger partial charge is 0.459 e. The van der Waals surface area contributed by atoms with Crippen molar-refractivity contribution >= 4 is 53.1 Å². The Morgan fingerprint density at radius 2 is 1.89 bits per heavy atom. The quantitative estimate of drug-likeness (QED) is 0.283. The summed E-state index contributed by atoms with van der Waals surface area (Å²) in [6, 6.07) is 11.1. The number of nitrogens with zero attached hydrogens (tertiary/aromatic N) is 3. The molecule has 0 saturated carbocycles. The number of halogens is 2. The summed E-state index contributed by atoms with van der Waals surface area (Å²) in [5.74, 6) is 0.550. The van der Waals surface area contributed by atoms with Crippen molar-refractivity contribution in [1.29, 1.82) is 0 Å². The van der Waals surface area contributed by atoms with Gasteiger partial charge >= 0.3 is 0 Å². The van der Waals surface area contributed by atoms with Crippen LogP contribution in [0.1, 0.15) is 10.6 Å². The molecular weight excluding hydrogens is 481 g/mol. The molecule has 3 N–H and O–H groups in total. The average Bonchev–Trinajstić information content (AvgIpc) is 3.20. The van der Waals surface area contributed by atoms with E-state index in [1.54, 1.807) is 12.1 Å². The van der Waals surface area contributed by atoms with Crippen LogP contribution < -0.4 is 16.0 Å². The minimum atomic E-state index is -0.250. The fourth-order valence-corrected chi connectivity index (χ4v) is 2.91. The van der Waals surface area contributed by atoms with E-state index < -0.39 is 0 Å². The number of hydrogen-bond donors (Lipinski definition) is 2. The van der Waals surface area contributed by atoms with Crippen molar-refractivity contribution in [1.82, 2.24) is 10.2 Å². The number of benzene rings is 1. The second kappa shape index (κ2) is 10.4. The van der Waals surface area contributed by atoms with Crippen molar-refractivity contribution in [3.63, 3.8) is 0 Å². The first-order chi connectivity index (χ1) is 12.6. The highest BCUT2D eigenvalue weighted by atomic mass is 127. The average molecular weight is 504 g/mol. The lowest BCUT2D eigenvalue weighted by atomic mass is 10.2. The second-order valence-electron chi connectivity index (χ2n) is 5.92. The third kappa shape index (κ3) is 6.03. The predicted molar refractivity (Wildman–Crippen MR) is 118 cm³/mol. The van der Waals surface area contributed by atoms with E-state index in [4.69, 9.17) is 21.8 Å². The smallest absolute Gasteiger partial charge is 0.287 e. The Morgan fingerprint density at radius 1 is 1.19 bits per heavy atom. The van der Waals surface area contributed by atoms with Gasteiger partial charge in [-0.15, -0.1) is 24.0 Å². The summed E-state index contributed by atoms with van der Waals surface area (Å²) >= 11 is 5.93. The lowest BCUT2D eigenvalue weighted by Gasteiger charge is -2.36. The highest BCUT2D eigenvalue weighted by Gasteiger charge is 2.18. The molecule has 7 nitrogen and oxygen atoms in total. The molecule has 0 spiro atoms. The van der Waals surface area contributed by atoms with Crippen molar-refractivity contribution in [2.24, 2.45) is 10.7 Å². The highest BCUT2D eigenvalue weighted by molar-refractivity contribution is 14.0. The first-order valence-electron chi connectivity index (χ1n) is 8.50. The van der Waals surface area contributed by atoms with E-state index in [0.717, 1.165) is 36.9 Å². The van der Waals surface area contributed by atoms with Gasteiger partial charge < -0.3 is 25.3 Å². The normalized spacial score (nSPS) is 14.6. The van der Waals surface area contributed by atoms with Gasteiger partial charge in [0.05, 0.1) is 12.8 Å². The van der Waals surface area contributed by atoms with Gasteiger partial charge in [-0.2, -0.15) is 0 Å². The molecule has 1 aromatic heterocycles. The Hall–Kier alpha value is -1.94. The third-order valence-corrected chi connectivity index (χ3v) is 4.46. The van der Waals surface area contributed by atoms with Gasteiger partial charge in [-0.3, -0.25) is 9.79 Å². The molecule has 9 heteroatoms. The zero-order valence-corrected chi connectivity index (χ0v) is 17.9. The number of piperazine rings is 1. The number of anilines is 1. The van der Waals surface area contributed by atoms with Gasteiger partial charge in [0.2, 0.25) is 0 Å². The Balaban J connectivity index is 0.00000261. The zero-order chi connectivity index (χ0) is 18.4. The van der Waals surface area contributed by atoms with E-state index in [1.807, 2.05) is 24.3 Å². The Kier molecular flexibility index (Phi) is 8.23. The summed E-state index contributed by atoms with van der Waals surface area (Å²) in [5, 5.41) is 3.48. The molecule has 27 heavy (non-hydrogen) atoms. The molecule has 1 aliphatic heterocycles. The Bertz CT molecular complexity index is 744. The number of carbonyl (C=O) groups is 1. The molecule has 1 fully saturated rings. The number of carbonyl (C=O) groups excluding carboxylic acids is 1. The van der Waals surface area contributed by atoms with E-state index in [-0.39, 0.29) is 29.9 Å². The molecular formula is C18H23ClIN5O2. The Labute approximate surface area is 180 Å². The van der Waals surface area contributed by atoms with E-state index in [9.17, 15) is 4.79 Å². The number of aliphatic imine (C=N–C) groups is 1. The van der Waals surface area contributed by atoms with Gasteiger partial charge in [0.1, 0.15) is 0 Å². The second-order valence-corrected chi connectivity index (χ2v) is 6.36. The van der Waals surface area contributed by atoms with Crippen molar-refractivity contribution in [2.75, 3.05) is 44.2 Å². The minimum Gasteiger partial charge on any atom is -0.459 e. The number of guanidine groups is 1. The number of furan rings is 1. The topological polar surface area (TPSA) is 87.1 Å². The van der Waals surface area contributed by atoms with Crippen LogP contribution in [0.5, 0.6) is 0 Å². The summed E-state index contributed by atoms with van der Waals surface area (Å²) < 4.78 is 5.03. The fraction of sp³-hybridized carbons (Fsp3) is 0.333. The van der Waals surface area contributed by atoms with Crippen LogP contribution in [-0.4, -0.2) is 56.0 Å². The van der Waals surface area contributed by atoms with Crippen LogP contribution >= 0.6 is 35.6 Å². The van der Waals surface area contributed by atoms with Crippen molar-refractivity contribution in [3.05, 3.63) is 53.4 Å². The maximum Gasteiger partial charge on any atom is 0.287 e. The van der Waals surface area contributed by atoms with Crippen LogP contribution in [0.25, 0.3) is 0 Å². The lowest BCUT2D eigenvalue weighted by molar-refractivity contribution is 0.0927. The molecule has 0 atom stereocenters. The molecule has 1 aromatic carbocycles. The third-order valence-electron chi connectivity index (χ3n) is 4.21. The van der Waals surface area contributed by atoms with Crippen LogP contribution in [0.4, 0.5) is 5.69 Å². The number of rotatable bonds is 5. The van der Waals surface area contributed by atoms with Crippen molar-refractivity contribution in [2.45, 2.75) is 0 Å². The number of amides is 1. The summed E-state index contributed by atoms with van der Waals surface area (Å²) in [5.41, 5.74) is 7.23. The molecule has 3 rings (SSSR count). The van der Waals surface area contributed by atoms with Gasteiger partial charge in [0.25, 0.3) is 5.91 Å². The van der Waals surface area contributed by atoms with Crippen LogP contribution in [0, 0.1) is 0 Å². The zero-order valence-electron chi connectivity index (χ0n) is 14.8. The molecule has 1 amide bonds. The van der Waals surface area contributed by atoms with Crippen LogP contribution in [0.2, 0.25) is 5.02 Å². The van der Waals surface area contributed by atoms with E-state index >= 15 is 0 Å². The molecule has 2 aromatic rings. The van der Waals surface area contributed by atoms with Crippen molar-refractivity contribution < 1.29 is 9.21 Å². The number of nitrogens with two attached hydrogens (primary N) is 1. The fourth-order valence-electron chi connectivity index (χ4n) is 2.78. The van der Waals surface area contributed by atoms with Gasteiger partial charge in [-0.25, -0.2) is 0 Å². The van der Waals surface area contributed by atoms with E-state index in [2.05, 4.69) is 20.1 Å². The maximum atomic E-state index is 11.7. The van der Waals surface area contributed by atoms with Crippen LogP contribution in [0.3, 0.4) is 0 Å². The molecule has 1 saturated heterocycles. The minimum absolute atomic E-state index is 0. The van der Waals surface area contributed by atoms with Gasteiger partial charge in [0, 0.05) is 43.4 Å². The monoisotopic (exact) mass is 503 g/mol. The molecule has 1 aliphatic rings. The first-order valence-corrected chi connectivity index (χ1v) is 8.88. The molecule has 0 bridgehead atoms. The molecule has 0 aliphatic carbocycles. The molecule has 146 valence electrons. The first kappa shape index (κ1) is 21.4. The van der Waals surface area contributed by atoms with E-state index in [0.29, 0.717) is 24.8 Å². The maximum absolute atomic E-state index is 11.7. The highest BCUT2D eigenvalue weighted by Crippen LogP contribution is 2.19. The van der Waals surface area contributed by atoms with Crippen molar-refractivity contribution in [3.8, 4) is 0 Å². The van der Waals surface area contributed by atoms with Crippen LogP contribution in [-0.2, 0) is 0 Å². The molecule has 0 unspecified atom stereocenters. The van der Waals surface area contributed by atoms with Gasteiger partial charge in [-0.1, -0.05) is 11.6 Å². The lowest BCUT2D eigenvalue weighted by Crippen LogP contribution is -2.51. The van der Waals surface area contributed by atoms with E-state index in [1.165, 1.54) is 6.26 Å². The summed E-state index contributed by atoms with van der Waals surface area (Å²) in [7, 11) is 0. The number of nitrogens with one attached hydrogen (secondary N) is 1. The summed E-state index contributed by atoms with van der Waals surface area (Å²) in [6.45, 7) is 4.17.